The SMILES string of the molecule is CC(C#N)c1ccc2c(c1)CCN(C)C2. The molecule has 0 aromatic heterocycles. The molecular weight excluding hydrogens is 184 g/mol. The first-order chi connectivity index (χ1) is 7.20. The predicted octanol–water partition coefficient (Wildman–Crippen LogP) is 2.30. The summed E-state index contributed by atoms with van der Waals surface area (Å²) < 4.78 is 0. The van der Waals surface area contributed by atoms with Gasteiger partial charge in [-0.15, -0.1) is 0 Å². The first-order valence-electron chi connectivity index (χ1n) is 5.40. The topological polar surface area (TPSA) is 27.0 Å². The molecular formula is C13H16N2. The highest BCUT2D eigenvalue weighted by atomic mass is 15.1. The Balaban J connectivity index is 2.31. The highest BCUT2D eigenvalue weighted by molar-refractivity contribution is 5.36. The Labute approximate surface area is 91.1 Å². The Hall–Kier alpha value is -1.33. The van der Waals surface area contributed by atoms with Gasteiger partial charge in [-0.05, 0) is 37.1 Å². The van der Waals surface area contributed by atoms with Crippen molar-refractivity contribution in [1.82, 2.24) is 4.90 Å². The summed E-state index contributed by atoms with van der Waals surface area (Å²) in [6, 6.07) is 8.75. The Morgan fingerprint density at radius 3 is 2.93 bits per heavy atom. The molecule has 0 aliphatic carbocycles. The summed E-state index contributed by atoms with van der Waals surface area (Å²) in [4.78, 5) is 2.33. The van der Waals surface area contributed by atoms with Crippen LogP contribution in [0.4, 0.5) is 0 Å². The van der Waals surface area contributed by atoms with Crippen LogP contribution < -0.4 is 0 Å². The highest BCUT2D eigenvalue weighted by Gasteiger charge is 2.14. The minimum atomic E-state index is 0.00922. The van der Waals surface area contributed by atoms with E-state index < -0.39 is 0 Å². The molecule has 15 heavy (non-hydrogen) atoms. The third-order valence-corrected chi connectivity index (χ3v) is 3.13. The lowest BCUT2D eigenvalue weighted by Gasteiger charge is -2.25. The Morgan fingerprint density at radius 1 is 1.40 bits per heavy atom. The van der Waals surface area contributed by atoms with E-state index in [1.165, 1.54) is 11.1 Å². The fraction of sp³-hybridized carbons (Fsp3) is 0.462. The molecule has 0 radical (unpaired) electrons. The number of likely N-dealkylation sites (N-methyl/N-ethyl adjacent to an activating group) is 1. The molecule has 2 heteroatoms. The lowest BCUT2D eigenvalue weighted by atomic mass is 9.93. The van der Waals surface area contributed by atoms with Crippen molar-refractivity contribution in [3.8, 4) is 6.07 Å². The van der Waals surface area contributed by atoms with Gasteiger partial charge in [0.1, 0.15) is 0 Å². The molecule has 2 rings (SSSR count). The van der Waals surface area contributed by atoms with Crippen molar-refractivity contribution < 1.29 is 0 Å². The van der Waals surface area contributed by atoms with Crippen molar-refractivity contribution in [2.24, 2.45) is 0 Å². The second-order valence-electron chi connectivity index (χ2n) is 4.37. The van der Waals surface area contributed by atoms with Crippen LogP contribution in [0.15, 0.2) is 18.2 Å². The number of fused-ring (bicyclic) bond motifs is 1. The lowest BCUT2D eigenvalue weighted by Crippen LogP contribution is -2.26. The van der Waals surface area contributed by atoms with Gasteiger partial charge in [0.25, 0.3) is 0 Å². The molecule has 1 heterocycles. The number of benzene rings is 1. The maximum atomic E-state index is 8.88. The quantitative estimate of drug-likeness (QED) is 0.695. The number of hydrogen-bond donors (Lipinski definition) is 0. The van der Waals surface area contributed by atoms with E-state index in [0.717, 1.165) is 25.1 Å². The van der Waals surface area contributed by atoms with Crippen molar-refractivity contribution >= 4 is 0 Å². The summed E-state index contributed by atoms with van der Waals surface area (Å²) in [6.45, 7) is 4.12. The van der Waals surface area contributed by atoms with Gasteiger partial charge in [-0.25, -0.2) is 0 Å². The summed E-state index contributed by atoms with van der Waals surface area (Å²) in [5.41, 5.74) is 3.99. The van der Waals surface area contributed by atoms with Gasteiger partial charge in [0, 0.05) is 13.1 Å². The zero-order chi connectivity index (χ0) is 10.8. The molecule has 78 valence electrons. The molecule has 0 N–H and O–H groups in total. The number of hydrogen-bond acceptors (Lipinski definition) is 2. The Kier molecular flexibility index (Phi) is 2.75. The molecule has 2 nitrogen and oxygen atoms in total. The van der Waals surface area contributed by atoms with Crippen molar-refractivity contribution in [2.45, 2.75) is 25.8 Å². The van der Waals surface area contributed by atoms with Crippen LogP contribution in [0.1, 0.15) is 29.5 Å². The third-order valence-electron chi connectivity index (χ3n) is 3.13. The van der Waals surface area contributed by atoms with E-state index in [4.69, 9.17) is 5.26 Å². The van der Waals surface area contributed by atoms with Crippen LogP contribution in [0.25, 0.3) is 0 Å². The third kappa shape index (κ3) is 2.03. The molecule has 0 fully saturated rings. The van der Waals surface area contributed by atoms with Gasteiger partial charge in [0.2, 0.25) is 0 Å². The van der Waals surface area contributed by atoms with Crippen LogP contribution in [0.5, 0.6) is 0 Å². The molecule has 1 aromatic rings. The zero-order valence-corrected chi connectivity index (χ0v) is 9.33. The maximum Gasteiger partial charge on any atom is 0.0700 e. The second kappa shape index (κ2) is 4.04. The van der Waals surface area contributed by atoms with E-state index in [1.807, 2.05) is 6.92 Å². The molecule has 1 aromatic carbocycles. The molecule has 0 bridgehead atoms. The van der Waals surface area contributed by atoms with E-state index in [-0.39, 0.29) is 5.92 Å². The molecule has 1 aliphatic rings. The Bertz CT molecular complexity index is 403. The van der Waals surface area contributed by atoms with Crippen LogP contribution >= 0.6 is 0 Å². The Morgan fingerprint density at radius 2 is 2.20 bits per heavy atom. The fourth-order valence-corrected chi connectivity index (χ4v) is 2.06. The van der Waals surface area contributed by atoms with Crippen LogP contribution in [0.2, 0.25) is 0 Å². The van der Waals surface area contributed by atoms with Crippen molar-refractivity contribution in [2.75, 3.05) is 13.6 Å². The van der Waals surface area contributed by atoms with Gasteiger partial charge in [0.15, 0.2) is 0 Å². The van der Waals surface area contributed by atoms with Crippen molar-refractivity contribution in [3.05, 3.63) is 34.9 Å². The fourth-order valence-electron chi connectivity index (χ4n) is 2.06. The normalized spacial score (nSPS) is 17.9. The molecule has 1 aliphatic heterocycles. The predicted molar refractivity (Wildman–Crippen MR) is 60.5 cm³/mol. The molecule has 0 spiro atoms. The maximum absolute atomic E-state index is 8.88. The van der Waals surface area contributed by atoms with Gasteiger partial charge in [-0.2, -0.15) is 5.26 Å². The number of nitriles is 1. The number of rotatable bonds is 1. The summed E-state index contributed by atoms with van der Waals surface area (Å²) in [5.74, 6) is 0.00922. The summed E-state index contributed by atoms with van der Waals surface area (Å²) in [7, 11) is 2.15. The average molecular weight is 200 g/mol. The van der Waals surface area contributed by atoms with E-state index in [1.54, 1.807) is 0 Å². The summed E-state index contributed by atoms with van der Waals surface area (Å²) >= 11 is 0. The van der Waals surface area contributed by atoms with E-state index >= 15 is 0 Å². The van der Waals surface area contributed by atoms with Crippen LogP contribution in [-0.2, 0) is 13.0 Å². The monoisotopic (exact) mass is 200 g/mol. The smallest absolute Gasteiger partial charge is 0.0700 e. The molecule has 0 saturated heterocycles. The summed E-state index contributed by atoms with van der Waals surface area (Å²) in [6.07, 6.45) is 1.11. The molecule has 0 saturated carbocycles. The van der Waals surface area contributed by atoms with Gasteiger partial charge in [-0.1, -0.05) is 18.2 Å². The molecule has 1 atom stereocenters. The van der Waals surface area contributed by atoms with Crippen molar-refractivity contribution in [3.63, 3.8) is 0 Å². The first kappa shape index (κ1) is 10.2. The van der Waals surface area contributed by atoms with E-state index in [9.17, 15) is 0 Å². The second-order valence-corrected chi connectivity index (χ2v) is 4.37. The largest absolute Gasteiger partial charge is 0.302 e. The van der Waals surface area contributed by atoms with Crippen molar-refractivity contribution in [1.29, 1.82) is 5.26 Å². The van der Waals surface area contributed by atoms with Crippen LogP contribution in [-0.4, -0.2) is 18.5 Å². The van der Waals surface area contributed by atoms with Gasteiger partial charge >= 0.3 is 0 Å². The highest BCUT2D eigenvalue weighted by Crippen LogP contribution is 2.23. The molecule has 0 amide bonds. The standard InChI is InChI=1S/C13H16N2/c1-10(8-14)11-3-4-13-9-15(2)6-5-12(13)7-11/h3-4,7,10H,5-6,9H2,1-2H3. The van der Waals surface area contributed by atoms with Gasteiger partial charge < -0.3 is 4.90 Å². The zero-order valence-electron chi connectivity index (χ0n) is 9.33. The first-order valence-corrected chi connectivity index (χ1v) is 5.40. The minimum absolute atomic E-state index is 0.00922. The van der Waals surface area contributed by atoms with Gasteiger partial charge in [0.05, 0.1) is 12.0 Å². The van der Waals surface area contributed by atoms with Crippen LogP contribution in [0, 0.1) is 11.3 Å². The summed E-state index contributed by atoms with van der Waals surface area (Å²) in [5, 5.41) is 8.88. The van der Waals surface area contributed by atoms with E-state index in [2.05, 4.69) is 36.2 Å². The van der Waals surface area contributed by atoms with Crippen LogP contribution in [0.3, 0.4) is 0 Å². The average Bonchev–Trinajstić information content (AvgIpc) is 2.27. The minimum Gasteiger partial charge on any atom is -0.302 e. The molecule has 1 unspecified atom stereocenters. The van der Waals surface area contributed by atoms with Gasteiger partial charge in [-0.3, -0.25) is 0 Å². The number of nitrogens with zero attached hydrogens (tertiary/aromatic N) is 2. The van der Waals surface area contributed by atoms with E-state index in [0.29, 0.717) is 0 Å². The lowest BCUT2D eigenvalue weighted by molar-refractivity contribution is 0.313.